The lowest BCUT2D eigenvalue weighted by molar-refractivity contribution is -0.172. The maximum absolute atomic E-state index is 10.8. The van der Waals surface area contributed by atoms with E-state index in [2.05, 4.69) is 5.32 Å². The molecule has 0 aromatic carbocycles. The van der Waals surface area contributed by atoms with Crippen LogP contribution in [0.4, 0.5) is 0 Å². The molecule has 1 fully saturated rings. The van der Waals surface area contributed by atoms with Gasteiger partial charge in [0.2, 0.25) is 0 Å². The van der Waals surface area contributed by atoms with Crippen LogP contribution < -0.4 is 5.32 Å². The molecule has 1 atom stereocenters. The Hall–Kier alpha value is -0.610. The molecule has 4 heteroatoms. The van der Waals surface area contributed by atoms with Gasteiger partial charge in [0.25, 0.3) is 6.41 Å². The lowest BCUT2D eigenvalue weighted by atomic mass is 10.1. The first kappa shape index (κ1) is 9.48. The van der Waals surface area contributed by atoms with Gasteiger partial charge in [-0.15, -0.1) is 0 Å². The highest BCUT2D eigenvalue weighted by atomic mass is 16.7. The Morgan fingerprint density at radius 3 is 2.83 bits per heavy atom. The fourth-order valence-corrected chi connectivity index (χ4v) is 0.953. The summed E-state index contributed by atoms with van der Waals surface area (Å²) in [5.41, 5.74) is -0.0985. The molecule has 0 aromatic heterocycles. The average molecular weight is 173 g/mol. The first-order chi connectivity index (χ1) is 5.53. The summed E-state index contributed by atoms with van der Waals surface area (Å²) in [4.78, 5) is 10.8. The maximum Gasteiger partial charge on any atom is 0.308 e. The highest BCUT2D eigenvalue weighted by Gasteiger charge is 2.32. The summed E-state index contributed by atoms with van der Waals surface area (Å²) < 4.78 is 10.1. The molecule has 1 heterocycles. The third-order valence-electron chi connectivity index (χ3n) is 1.63. The number of rotatable bonds is 2. The molecule has 0 aliphatic carbocycles. The number of hydrogen-bond donors (Lipinski definition) is 1. The van der Waals surface area contributed by atoms with Gasteiger partial charge in [-0.3, -0.25) is 10.1 Å². The topological polar surface area (TPSA) is 47.6 Å². The van der Waals surface area contributed by atoms with Gasteiger partial charge in [0, 0.05) is 12.0 Å². The molecule has 0 bridgehead atoms. The lowest BCUT2D eigenvalue weighted by Crippen LogP contribution is -2.40. The largest absolute Gasteiger partial charge is 0.421 e. The van der Waals surface area contributed by atoms with E-state index in [1.807, 2.05) is 13.8 Å². The van der Waals surface area contributed by atoms with E-state index in [9.17, 15) is 4.79 Å². The van der Waals surface area contributed by atoms with Crippen LogP contribution in [0.1, 0.15) is 27.2 Å². The van der Waals surface area contributed by atoms with Gasteiger partial charge in [0.1, 0.15) is 0 Å². The van der Waals surface area contributed by atoms with Crippen LogP contribution in [0.5, 0.6) is 0 Å². The van der Waals surface area contributed by atoms with E-state index in [0.717, 1.165) is 0 Å². The molecule has 1 N–H and O–H groups in total. The molecule has 0 aromatic rings. The molecule has 1 saturated heterocycles. The van der Waals surface area contributed by atoms with Crippen molar-refractivity contribution in [2.24, 2.45) is 0 Å². The molecule has 12 heavy (non-hydrogen) atoms. The predicted octanol–water partition coefficient (Wildman–Crippen LogP) is 0.622. The third kappa shape index (κ3) is 2.46. The predicted molar refractivity (Wildman–Crippen MR) is 43.3 cm³/mol. The van der Waals surface area contributed by atoms with Crippen LogP contribution in [0.15, 0.2) is 0 Å². The summed E-state index contributed by atoms with van der Waals surface area (Å²) >= 11 is 0. The van der Waals surface area contributed by atoms with Crippen molar-refractivity contribution in [2.45, 2.75) is 39.1 Å². The molecule has 1 unspecified atom stereocenters. The van der Waals surface area contributed by atoms with E-state index < -0.39 is 6.41 Å². The fourth-order valence-electron chi connectivity index (χ4n) is 0.953. The van der Waals surface area contributed by atoms with Crippen molar-refractivity contribution in [3.05, 3.63) is 0 Å². The highest BCUT2D eigenvalue weighted by molar-refractivity contribution is 5.68. The zero-order valence-corrected chi connectivity index (χ0v) is 7.72. The van der Waals surface area contributed by atoms with Crippen LogP contribution in [-0.2, 0) is 14.3 Å². The molecular weight excluding hydrogens is 158 g/mol. The summed E-state index contributed by atoms with van der Waals surface area (Å²) in [7, 11) is 0. The Morgan fingerprint density at radius 2 is 2.42 bits per heavy atom. The summed E-state index contributed by atoms with van der Waals surface area (Å²) in [6.45, 7) is 6.30. The SMILES string of the molecule is CCC(=O)OC1NC(C)(C)CO1. The van der Waals surface area contributed by atoms with Gasteiger partial charge < -0.3 is 9.47 Å². The first-order valence-corrected chi connectivity index (χ1v) is 4.12. The van der Waals surface area contributed by atoms with Crippen LogP contribution in [0.2, 0.25) is 0 Å². The van der Waals surface area contributed by atoms with Crippen molar-refractivity contribution in [1.82, 2.24) is 5.32 Å². The first-order valence-electron chi connectivity index (χ1n) is 4.12. The number of ether oxygens (including phenoxy) is 2. The van der Waals surface area contributed by atoms with Crippen molar-refractivity contribution in [2.75, 3.05) is 6.61 Å². The minimum Gasteiger partial charge on any atom is -0.421 e. The summed E-state index contributed by atoms with van der Waals surface area (Å²) in [6.07, 6.45) is -0.186. The fraction of sp³-hybridized carbons (Fsp3) is 0.875. The zero-order valence-electron chi connectivity index (χ0n) is 7.72. The molecule has 1 rings (SSSR count). The van der Waals surface area contributed by atoms with Crippen molar-refractivity contribution in [3.8, 4) is 0 Å². The van der Waals surface area contributed by atoms with Gasteiger partial charge in [0.05, 0.1) is 6.61 Å². The minimum atomic E-state index is -0.563. The number of hydrogen-bond acceptors (Lipinski definition) is 4. The Kier molecular flexibility index (Phi) is 2.69. The standard InChI is InChI=1S/C8H15NO3/c1-4-6(10)12-7-9-8(2,3)5-11-7/h7,9H,4-5H2,1-3H3. The molecule has 0 amide bonds. The average Bonchev–Trinajstić information content (AvgIpc) is 2.30. The second kappa shape index (κ2) is 3.41. The third-order valence-corrected chi connectivity index (χ3v) is 1.63. The molecule has 70 valence electrons. The van der Waals surface area contributed by atoms with Crippen LogP contribution in [0.3, 0.4) is 0 Å². The minimum absolute atomic E-state index is 0.0985. The Morgan fingerprint density at radius 1 is 1.75 bits per heavy atom. The molecular formula is C8H15NO3. The molecule has 0 spiro atoms. The zero-order chi connectivity index (χ0) is 9.19. The van der Waals surface area contributed by atoms with Crippen LogP contribution in [0, 0.1) is 0 Å². The van der Waals surface area contributed by atoms with Crippen LogP contribution >= 0.6 is 0 Å². The number of nitrogens with one attached hydrogen (secondary N) is 1. The van der Waals surface area contributed by atoms with E-state index in [4.69, 9.17) is 9.47 Å². The quantitative estimate of drug-likeness (QED) is 0.622. The normalized spacial score (nSPS) is 27.1. The molecule has 0 saturated carbocycles. The van der Waals surface area contributed by atoms with Crippen LogP contribution in [-0.4, -0.2) is 24.5 Å². The number of carbonyl (C=O) groups is 1. The van der Waals surface area contributed by atoms with Crippen molar-refractivity contribution < 1.29 is 14.3 Å². The molecule has 1 aliphatic rings. The highest BCUT2D eigenvalue weighted by Crippen LogP contribution is 2.14. The molecule has 4 nitrogen and oxygen atoms in total. The maximum atomic E-state index is 10.8. The second-order valence-corrected chi connectivity index (χ2v) is 3.51. The number of carbonyl (C=O) groups excluding carboxylic acids is 1. The molecule has 1 aliphatic heterocycles. The van der Waals surface area contributed by atoms with Crippen molar-refractivity contribution in [1.29, 1.82) is 0 Å². The van der Waals surface area contributed by atoms with Gasteiger partial charge >= 0.3 is 5.97 Å². The Bertz CT molecular complexity index is 179. The van der Waals surface area contributed by atoms with Gasteiger partial charge in [-0.2, -0.15) is 0 Å². The van der Waals surface area contributed by atoms with Crippen LogP contribution in [0.25, 0.3) is 0 Å². The van der Waals surface area contributed by atoms with E-state index >= 15 is 0 Å². The summed E-state index contributed by atoms with van der Waals surface area (Å²) in [6, 6.07) is 0. The van der Waals surface area contributed by atoms with Gasteiger partial charge in [-0.05, 0) is 13.8 Å². The lowest BCUT2D eigenvalue weighted by Gasteiger charge is -2.16. The summed E-state index contributed by atoms with van der Waals surface area (Å²) in [5.74, 6) is -0.245. The Labute approximate surface area is 72.2 Å². The molecule has 0 radical (unpaired) electrons. The van der Waals surface area contributed by atoms with Gasteiger partial charge in [0.15, 0.2) is 0 Å². The smallest absolute Gasteiger partial charge is 0.308 e. The van der Waals surface area contributed by atoms with E-state index in [-0.39, 0.29) is 11.5 Å². The van der Waals surface area contributed by atoms with Gasteiger partial charge in [-0.1, -0.05) is 6.92 Å². The second-order valence-electron chi connectivity index (χ2n) is 3.51. The summed E-state index contributed by atoms with van der Waals surface area (Å²) in [5, 5.41) is 3.03. The van der Waals surface area contributed by atoms with E-state index in [1.165, 1.54) is 0 Å². The van der Waals surface area contributed by atoms with Crippen molar-refractivity contribution in [3.63, 3.8) is 0 Å². The van der Waals surface area contributed by atoms with E-state index in [1.54, 1.807) is 6.92 Å². The van der Waals surface area contributed by atoms with Gasteiger partial charge in [-0.25, -0.2) is 0 Å². The number of esters is 1. The van der Waals surface area contributed by atoms with E-state index in [0.29, 0.717) is 13.0 Å². The van der Waals surface area contributed by atoms with Crippen molar-refractivity contribution >= 4 is 5.97 Å². The Balaban J connectivity index is 2.33. The monoisotopic (exact) mass is 173 g/mol.